The second-order valence-corrected chi connectivity index (χ2v) is 9.77. The lowest BCUT2D eigenvalue weighted by atomic mass is 9.81. The molecular weight excluding hydrogens is 465 g/mol. The van der Waals surface area contributed by atoms with Gasteiger partial charge in [-0.2, -0.15) is 0 Å². The molecule has 0 spiro atoms. The lowest BCUT2D eigenvalue weighted by Gasteiger charge is -2.47. The summed E-state index contributed by atoms with van der Waals surface area (Å²) >= 11 is 12.1. The van der Waals surface area contributed by atoms with Crippen molar-refractivity contribution in [2.45, 2.75) is 25.0 Å². The van der Waals surface area contributed by atoms with Crippen molar-refractivity contribution in [2.75, 3.05) is 13.6 Å². The molecule has 4 amide bonds. The molecule has 9 heteroatoms. The highest BCUT2D eigenvalue weighted by Crippen LogP contribution is 2.52. The topological polar surface area (TPSA) is 78.0 Å². The molecular formula is C24H21Cl2N3O4. The van der Waals surface area contributed by atoms with E-state index in [1.807, 2.05) is 30.3 Å². The highest BCUT2D eigenvalue weighted by atomic mass is 35.5. The summed E-state index contributed by atoms with van der Waals surface area (Å²) in [6.45, 7) is 1.90. The van der Waals surface area contributed by atoms with Crippen LogP contribution in [0.2, 0.25) is 10.0 Å². The number of fused-ring (bicyclic) bond motifs is 5. The third-order valence-corrected chi connectivity index (χ3v) is 7.84. The molecule has 3 heterocycles. The molecule has 2 aromatic carbocycles. The molecule has 2 aromatic rings. The number of likely N-dealkylation sites (tertiary alicyclic amines) is 2. The van der Waals surface area contributed by atoms with Crippen LogP contribution in [0.25, 0.3) is 0 Å². The first kappa shape index (κ1) is 21.9. The van der Waals surface area contributed by atoms with Gasteiger partial charge >= 0.3 is 0 Å². The molecule has 3 aliphatic rings. The molecule has 0 aliphatic carbocycles. The molecule has 3 aliphatic heterocycles. The summed E-state index contributed by atoms with van der Waals surface area (Å²) in [4.78, 5) is 58.3. The Morgan fingerprint density at radius 1 is 1.03 bits per heavy atom. The van der Waals surface area contributed by atoms with Gasteiger partial charge in [-0.25, -0.2) is 0 Å². The van der Waals surface area contributed by atoms with Gasteiger partial charge in [-0.1, -0.05) is 53.5 Å². The predicted octanol–water partition coefficient (Wildman–Crippen LogP) is 2.85. The van der Waals surface area contributed by atoms with Gasteiger partial charge in [0, 0.05) is 19.2 Å². The van der Waals surface area contributed by atoms with Crippen LogP contribution in [0, 0.1) is 11.8 Å². The Balaban J connectivity index is 1.56. The number of carbonyl (C=O) groups excluding carboxylic acids is 4. The van der Waals surface area contributed by atoms with Crippen molar-refractivity contribution < 1.29 is 19.2 Å². The van der Waals surface area contributed by atoms with Crippen LogP contribution in [0.3, 0.4) is 0 Å². The number of hydrogen-bond acceptors (Lipinski definition) is 4. The van der Waals surface area contributed by atoms with Crippen LogP contribution in [0.15, 0.2) is 48.5 Å². The molecule has 0 aromatic heterocycles. The first-order valence-corrected chi connectivity index (χ1v) is 11.3. The Kier molecular flexibility index (Phi) is 5.03. The summed E-state index contributed by atoms with van der Waals surface area (Å²) in [6.07, 6.45) is 0. The van der Waals surface area contributed by atoms with Crippen LogP contribution < -0.4 is 0 Å². The molecule has 7 nitrogen and oxygen atoms in total. The standard InChI is InChI=1S/C24H21Cl2N3O4/c1-24-19-18(21(31)28(22(19)32)11-13-6-4-3-5-7-13)17(12-27(2)23(24)33)29(24)20(30)14-8-9-15(25)16(26)10-14/h3-10,17-19H,11-12H2,1-2H3/t17-,18+,19-,24-/m1/s1. The van der Waals surface area contributed by atoms with Gasteiger partial charge in [0.2, 0.25) is 17.7 Å². The molecule has 0 N–H and O–H groups in total. The average molecular weight is 486 g/mol. The van der Waals surface area contributed by atoms with E-state index >= 15 is 0 Å². The van der Waals surface area contributed by atoms with Gasteiger partial charge in [-0.05, 0) is 30.7 Å². The average Bonchev–Trinajstić information content (AvgIpc) is 3.17. The van der Waals surface area contributed by atoms with Crippen molar-refractivity contribution in [2.24, 2.45) is 11.8 Å². The highest BCUT2D eigenvalue weighted by molar-refractivity contribution is 6.42. The number of hydrogen-bond donors (Lipinski definition) is 0. The van der Waals surface area contributed by atoms with Crippen molar-refractivity contribution in [1.82, 2.24) is 14.7 Å². The van der Waals surface area contributed by atoms with E-state index in [1.54, 1.807) is 14.0 Å². The van der Waals surface area contributed by atoms with E-state index in [2.05, 4.69) is 0 Å². The highest BCUT2D eigenvalue weighted by Gasteiger charge is 2.73. The van der Waals surface area contributed by atoms with Gasteiger partial charge in [0.1, 0.15) is 5.54 Å². The first-order valence-electron chi connectivity index (χ1n) is 10.6. The zero-order valence-electron chi connectivity index (χ0n) is 18.0. The zero-order valence-corrected chi connectivity index (χ0v) is 19.5. The van der Waals surface area contributed by atoms with E-state index in [1.165, 1.54) is 32.9 Å². The summed E-state index contributed by atoms with van der Waals surface area (Å²) < 4.78 is 0. The maximum absolute atomic E-state index is 13.6. The molecule has 0 saturated carbocycles. The van der Waals surface area contributed by atoms with Crippen molar-refractivity contribution in [3.8, 4) is 0 Å². The summed E-state index contributed by atoms with van der Waals surface area (Å²) in [5.41, 5.74) is -0.412. The molecule has 33 heavy (non-hydrogen) atoms. The summed E-state index contributed by atoms with van der Waals surface area (Å²) in [5.74, 6) is -3.31. The number of likely N-dealkylation sites (N-methyl/N-ethyl adjacent to an activating group) is 1. The Hall–Kier alpha value is -2.90. The number of rotatable bonds is 3. The van der Waals surface area contributed by atoms with Crippen molar-refractivity contribution in [3.63, 3.8) is 0 Å². The minimum absolute atomic E-state index is 0.138. The Morgan fingerprint density at radius 3 is 2.39 bits per heavy atom. The van der Waals surface area contributed by atoms with Crippen molar-refractivity contribution in [1.29, 1.82) is 0 Å². The van der Waals surface area contributed by atoms with E-state index in [4.69, 9.17) is 23.2 Å². The number of benzene rings is 2. The predicted molar refractivity (Wildman–Crippen MR) is 121 cm³/mol. The van der Waals surface area contributed by atoms with Crippen LogP contribution in [-0.2, 0) is 20.9 Å². The number of halogens is 2. The van der Waals surface area contributed by atoms with Gasteiger partial charge in [0.25, 0.3) is 5.91 Å². The maximum atomic E-state index is 13.6. The minimum atomic E-state index is -1.48. The summed E-state index contributed by atoms with van der Waals surface area (Å²) in [6, 6.07) is 13.1. The monoisotopic (exact) mass is 485 g/mol. The fourth-order valence-corrected chi connectivity index (χ4v) is 5.92. The maximum Gasteiger partial charge on any atom is 0.255 e. The Bertz CT molecular complexity index is 1200. The third-order valence-electron chi connectivity index (χ3n) is 7.10. The van der Waals surface area contributed by atoms with Gasteiger partial charge in [0.15, 0.2) is 0 Å². The zero-order chi connectivity index (χ0) is 23.7. The number of carbonyl (C=O) groups is 4. The van der Waals surface area contributed by atoms with E-state index < -0.39 is 35.2 Å². The Labute approximate surface area is 200 Å². The van der Waals surface area contributed by atoms with Crippen molar-refractivity contribution in [3.05, 3.63) is 69.7 Å². The van der Waals surface area contributed by atoms with Crippen LogP contribution in [0.4, 0.5) is 0 Å². The second-order valence-electron chi connectivity index (χ2n) is 8.96. The molecule has 170 valence electrons. The molecule has 4 atom stereocenters. The number of amides is 4. The molecule has 0 unspecified atom stereocenters. The van der Waals surface area contributed by atoms with E-state index in [-0.39, 0.29) is 35.5 Å². The SMILES string of the molecule is CN1C[C@@H]2[C@@H]3C(=O)N(Cc4ccccc4)C(=O)[C@@H]3[C@](C)(C1=O)N2C(=O)c1ccc(Cl)c(Cl)c1. The lowest BCUT2D eigenvalue weighted by molar-refractivity contribution is -0.154. The van der Waals surface area contributed by atoms with Crippen LogP contribution in [0.5, 0.6) is 0 Å². The van der Waals surface area contributed by atoms with Gasteiger partial charge in [-0.15, -0.1) is 0 Å². The number of nitrogens with zero attached hydrogens (tertiary/aromatic N) is 3. The van der Waals surface area contributed by atoms with E-state index in [0.29, 0.717) is 5.02 Å². The van der Waals surface area contributed by atoms with Gasteiger partial charge in [0.05, 0.1) is 34.5 Å². The van der Waals surface area contributed by atoms with Crippen LogP contribution >= 0.6 is 23.2 Å². The van der Waals surface area contributed by atoms with Crippen molar-refractivity contribution >= 4 is 46.8 Å². The van der Waals surface area contributed by atoms with E-state index in [0.717, 1.165) is 5.56 Å². The molecule has 0 radical (unpaired) electrons. The van der Waals surface area contributed by atoms with Gasteiger partial charge in [-0.3, -0.25) is 24.1 Å². The first-order chi connectivity index (χ1) is 15.7. The van der Waals surface area contributed by atoms with Crippen LogP contribution in [0.1, 0.15) is 22.8 Å². The smallest absolute Gasteiger partial charge is 0.255 e. The fraction of sp³-hybridized carbons (Fsp3) is 0.333. The summed E-state index contributed by atoms with van der Waals surface area (Å²) in [7, 11) is 1.63. The fourth-order valence-electron chi connectivity index (χ4n) is 5.62. The lowest BCUT2D eigenvalue weighted by Crippen LogP contribution is -2.67. The summed E-state index contributed by atoms with van der Waals surface area (Å²) in [5, 5.41) is 0.512. The Morgan fingerprint density at radius 2 is 1.73 bits per heavy atom. The van der Waals surface area contributed by atoms with Gasteiger partial charge < -0.3 is 9.80 Å². The minimum Gasteiger partial charge on any atom is -0.342 e. The molecule has 3 saturated heterocycles. The molecule has 3 fully saturated rings. The normalized spacial score (nSPS) is 28.5. The quantitative estimate of drug-likeness (QED) is 0.626. The molecule has 5 rings (SSSR count). The third kappa shape index (κ3) is 3.02. The van der Waals surface area contributed by atoms with Crippen LogP contribution in [-0.4, -0.2) is 63.5 Å². The number of imide groups is 1. The van der Waals surface area contributed by atoms with E-state index in [9.17, 15) is 19.2 Å². The number of piperazine rings is 1. The largest absolute Gasteiger partial charge is 0.342 e. The second kappa shape index (κ2) is 7.57. The molecule has 2 bridgehead atoms.